The molecule has 3 nitrogen and oxygen atoms in total. The molecule has 0 bridgehead atoms. The van der Waals surface area contributed by atoms with Gasteiger partial charge in [-0.15, -0.1) is 0 Å². The molecule has 5 heteroatoms. The molecule has 0 fully saturated rings. The van der Waals surface area contributed by atoms with E-state index in [4.69, 9.17) is 0 Å². The molecule has 0 heterocycles. The summed E-state index contributed by atoms with van der Waals surface area (Å²) in [4.78, 5) is 0. The van der Waals surface area contributed by atoms with Crippen molar-refractivity contribution in [2.24, 2.45) is 0 Å². The second-order valence-electron chi connectivity index (χ2n) is 4.69. The Bertz CT molecular complexity index is 270. The molecule has 0 rings (SSSR count). The summed E-state index contributed by atoms with van der Waals surface area (Å²) in [6.07, 6.45) is 3.09. The Hall–Kier alpha value is 0.390. The van der Waals surface area contributed by atoms with Crippen LogP contribution < -0.4 is 0 Å². The molecule has 0 aliphatic rings. The van der Waals surface area contributed by atoms with E-state index in [9.17, 15) is 8.42 Å². The van der Waals surface area contributed by atoms with Crippen molar-refractivity contribution in [3.63, 3.8) is 0 Å². The average molecular weight is 300 g/mol. The quantitative estimate of drug-likeness (QED) is 0.558. The van der Waals surface area contributed by atoms with Crippen LogP contribution in [0.4, 0.5) is 0 Å². The molecule has 0 aliphatic carbocycles. The molecule has 0 radical (unpaired) electrons. The Morgan fingerprint density at radius 2 is 1.67 bits per heavy atom. The van der Waals surface area contributed by atoms with Gasteiger partial charge in [-0.2, -0.15) is 0 Å². The Morgan fingerprint density at radius 3 is 2.07 bits per heavy atom. The van der Waals surface area contributed by atoms with Crippen LogP contribution in [-0.4, -0.2) is 36.4 Å². The first-order chi connectivity index (χ1) is 6.73. The highest BCUT2D eigenvalue weighted by molar-refractivity contribution is 9.09. The van der Waals surface area contributed by atoms with Crippen LogP contribution in [0.25, 0.3) is 0 Å². The van der Waals surface area contributed by atoms with Gasteiger partial charge in [0.2, 0.25) is 10.0 Å². The van der Waals surface area contributed by atoms with Crippen LogP contribution in [0, 0.1) is 0 Å². The lowest BCUT2D eigenvalue weighted by Crippen LogP contribution is -2.41. The summed E-state index contributed by atoms with van der Waals surface area (Å²) in [5, 5.41) is 0.989. The maximum absolute atomic E-state index is 11.9. The van der Waals surface area contributed by atoms with Crippen LogP contribution in [-0.2, 0) is 10.0 Å². The lowest BCUT2D eigenvalue weighted by atomic mass is 10.2. The van der Waals surface area contributed by atoms with E-state index in [-0.39, 0.29) is 0 Å². The number of rotatable bonds is 6. The van der Waals surface area contributed by atoms with Gasteiger partial charge in [0.15, 0.2) is 0 Å². The van der Waals surface area contributed by atoms with E-state index in [1.807, 2.05) is 0 Å². The molecule has 0 atom stereocenters. The van der Waals surface area contributed by atoms with Gasteiger partial charge in [0.25, 0.3) is 0 Å². The number of halogens is 1. The Morgan fingerprint density at radius 1 is 1.13 bits per heavy atom. The molecule has 0 saturated heterocycles. The number of hydrogen-bond donors (Lipinski definition) is 0. The topological polar surface area (TPSA) is 37.4 Å². The summed E-state index contributed by atoms with van der Waals surface area (Å²) in [5.74, 6) is 0. The third kappa shape index (κ3) is 4.83. The molecular weight excluding hydrogens is 278 g/mol. The summed E-state index contributed by atoms with van der Waals surface area (Å²) in [7, 11) is -1.48. The minimum Gasteiger partial charge on any atom is -0.212 e. The van der Waals surface area contributed by atoms with Crippen molar-refractivity contribution in [2.45, 2.75) is 44.8 Å². The number of nitrogens with zero attached hydrogens (tertiary/aromatic N) is 1. The molecule has 0 aromatic heterocycles. The predicted molar refractivity (Wildman–Crippen MR) is 68.9 cm³/mol. The van der Waals surface area contributed by atoms with Gasteiger partial charge in [0, 0.05) is 18.9 Å². The largest absolute Gasteiger partial charge is 0.218 e. The molecule has 0 spiro atoms. The van der Waals surface area contributed by atoms with Crippen LogP contribution >= 0.6 is 15.9 Å². The summed E-state index contributed by atoms with van der Waals surface area (Å²) in [5.41, 5.74) is 0. The van der Waals surface area contributed by atoms with E-state index in [0.717, 1.165) is 24.6 Å². The first kappa shape index (κ1) is 15.4. The normalized spacial score (nSPS) is 13.5. The highest BCUT2D eigenvalue weighted by atomic mass is 79.9. The standard InChI is InChI=1S/C10H22BrNO2S/c1-10(2,3)15(13,14)12(4)9-7-5-6-8-11/h5-9H2,1-4H3. The highest BCUT2D eigenvalue weighted by Gasteiger charge is 2.32. The maximum Gasteiger partial charge on any atom is 0.218 e. The van der Waals surface area contributed by atoms with Gasteiger partial charge in [-0.05, 0) is 33.6 Å². The second-order valence-corrected chi connectivity index (χ2v) is 8.28. The molecule has 0 amide bonds. The minimum absolute atomic E-state index is 0.618. The molecular formula is C10H22BrNO2S. The van der Waals surface area contributed by atoms with E-state index in [1.54, 1.807) is 27.8 Å². The number of sulfonamides is 1. The zero-order valence-electron chi connectivity index (χ0n) is 10.1. The van der Waals surface area contributed by atoms with E-state index < -0.39 is 14.8 Å². The van der Waals surface area contributed by atoms with E-state index >= 15 is 0 Å². The van der Waals surface area contributed by atoms with Crippen LogP contribution in [0.15, 0.2) is 0 Å². The lowest BCUT2D eigenvalue weighted by Gasteiger charge is -2.26. The molecule has 92 valence electrons. The maximum atomic E-state index is 11.9. The van der Waals surface area contributed by atoms with Crippen molar-refractivity contribution in [2.75, 3.05) is 18.9 Å². The molecule has 15 heavy (non-hydrogen) atoms. The van der Waals surface area contributed by atoms with E-state index in [2.05, 4.69) is 15.9 Å². The van der Waals surface area contributed by atoms with Gasteiger partial charge in [0.1, 0.15) is 0 Å². The van der Waals surface area contributed by atoms with Crippen LogP contribution in [0.2, 0.25) is 0 Å². The summed E-state index contributed by atoms with van der Waals surface area (Å²) >= 11 is 3.36. The van der Waals surface area contributed by atoms with E-state index in [0.29, 0.717) is 6.54 Å². The Kier molecular flexibility index (Phi) is 6.37. The average Bonchev–Trinajstić information content (AvgIpc) is 2.10. The summed E-state index contributed by atoms with van der Waals surface area (Å²) in [6.45, 7) is 5.82. The highest BCUT2D eigenvalue weighted by Crippen LogP contribution is 2.19. The van der Waals surface area contributed by atoms with Gasteiger partial charge in [0.05, 0.1) is 4.75 Å². The zero-order valence-corrected chi connectivity index (χ0v) is 12.5. The van der Waals surface area contributed by atoms with Gasteiger partial charge >= 0.3 is 0 Å². The predicted octanol–water partition coefficient (Wildman–Crippen LogP) is 2.61. The van der Waals surface area contributed by atoms with Crippen molar-refractivity contribution >= 4 is 26.0 Å². The second kappa shape index (κ2) is 6.21. The van der Waals surface area contributed by atoms with Crippen LogP contribution in [0.5, 0.6) is 0 Å². The van der Waals surface area contributed by atoms with Crippen molar-refractivity contribution < 1.29 is 8.42 Å². The first-order valence-corrected chi connectivity index (χ1v) is 7.81. The fourth-order valence-electron chi connectivity index (χ4n) is 1.19. The van der Waals surface area contributed by atoms with E-state index in [1.165, 1.54) is 4.31 Å². The third-order valence-electron chi connectivity index (χ3n) is 2.29. The monoisotopic (exact) mass is 299 g/mol. The molecule has 0 N–H and O–H groups in total. The zero-order chi connectivity index (χ0) is 12.1. The molecule has 0 unspecified atom stereocenters. The fourth-order valence-corrected chi connectivity index (χ4v) is 2.89. The van der Waals surface area contributed by atoms with Crippen molar-refractivity contribution in [3.05, 3.63) is 0 Å². The number of hydrogen-bond acceptors (Lipinski definition) is 2. The van der Waals surface area contributed by atoms with Gasteiger partial charge in [-0.25, -0.2) is 12.7 Å². The fraction of sp³-hybridized carbons (Fsp3) is 1.00. The van der Waals surface area contributed by atoms with Crippen molar-refractivity contribution in [1.82, 2.24) is 4.31 Å². The number of alkyl halides is 1. The van der Waals surface area contributed by atoms with Gasteiger partial charge in [-0.1, -0.05) is 22.4 Å². The molecule has 0 aromatic rings. The minimum atomic E-state index is -3.14. The van der Waals surface area contributed by atoms with Crippen LogP contribution in [0.3, 0.4) is 0 Å². The van der Waals surface area contributed by atoms with Crippen molar-refractivity contribution in [3.8, 4) is 0 Å². The van der Waals surface area contributed by atoms with Gasteiger partial charge < -0.3 is 0 Å². The Balaban J connectivity index is 4.16. The first-order valence-electron chi connectivity index (χ1n) is 5.25. The molecule has 0 aromatic carbocycles. The van der Waals surface area contributed by atoms with Gasteiger partial charge in [-0.3, -0.25) is 0 Å². The number of unbranched alkanes of at least 4 members (excludes halogenated alkanes) is 2. The molecule has 0 saturated carbocycles. The van der Waals surface area contributed by atoms with Crippen LogP contribution in [0.1, 0.15) is 40.0 Å². The Labute approximate surface area is 102 Å². The molecule has 0 aliphatic heterocycles. The third-order valence-corrected chi connectivity index (χ3v) is 5.40. The summed E-state index contributed by atoms with van der Waals surface area (Å²) < 4.78 is 24.6. The summed E-state index contributed by atoms with van der Waals surface area (Å²) in [6, 6.07) is 0. The smallest absolute Gasteiger partial charge is 0.212 e. The lowest BCUT2D eigenvalue weighted by molar-refractivity contribution is 0.433. The van der Waals surface area contributed by atoms with Crippen molar-refractivity contribution in [1.29, 1.82) is 0 Å². The SMILES string of the molecule is CN(CCCCCBr)S(=O)(=O)C(C)(C)C.